The standard InChI is InChI=1S/C20H22ClFN2O/c1-14-17(21)6-4-8-19(14)23-20(25)15-9-11-24(12-10-15)13-16-5-2-3-7-18(16)22/h2-8,15H,9-13H2,1H3,(H,23,25). The molecule has 1 amide bonds. The van der Waals surface area contributed by atoms with Crippen LogP contribution in [-0.2, 0) is 11.3 Å². The molecule has 0 atom stereocenters. The first-order valence-electron chi connectivity index (χ1n) is 8.56. The molecule has 0 saturated carbocycles. The van der Waals surface area contributed by atoms with E-state index in [2.05, 4.69) is 10.2 Å². The van der Waals surface area contributed by atoms with Gasteiger partial charge in [0.15, 0.2) is 0 Å². The van der Waals surface area contributed by atoms with Crippen molar-refractivity contribution < 1.29 is 9.18 Å². The lowest BCUT2D eigenvalue weighted by Crippen LogP contribution is -2.38. The fraction of sp³-hybridized carbons (Fsp3) is 0.350. The minimum absolute atomic E-state index is 0.0183. The van der Waals surface area contributed by atoms with Crippen molar-refractivity contribution in [1.29, 1.82) is 0 Å². The molecular weight excluding hydrogens is 339 g/mol. The van der Waals surface area contributed by atoms with Crippen LogP contribution < -0.4 is 5.32 Å². The summed E-state index contributed by atoms with van der Waals surface area (Å²) in [4.78, 5) is 14.7. The molecule has 1 aliphatic heterocycles. The number of halogens is 2. The van der Waals surface area contributed by atoms with E-state index in [1.807, 2.05) is 37.3 Å². The minimum Gasteiger partial charge on any atom is -0.326 e. The van der Waals surface area contributed by atoms with Crippen molar-refractivity contribution >= 4 is 23.2 Å². The van der Waals surface area contributed by atoms with Crippen molar-refractivity contribution in [2.45, 2.75) is 26.3 Å². The van der Waals surface area contributed by atoms with Crippen LogP contribution >= 0.6 is 11.6 Å². The summed E-state index contributed by atoms with van der Waals surface area (Å²) in [5, 5.41) is 3.64. The highest BCUT2D eigenvalue weighted by molar-refractivity contribution is 6.31. The molecule has 3 nitrogen and oxygen atoms in total. The zero-order valence-corrected chi connectivity index (χ0v) is 15.0. The van der Waals surface area contributed by atoms with Gasteiger partial charge in [0.25, 0.3) is 0 Å². The Labute approximate surface area is 152 Å². The monoisotopic (exact) mass is 360 g/mol. The summed E-state index contributed by atoms with van der Waals surface area (Å²) < 4.78 is 13.8. The maximum absolute atomic E-state index is 13.8. The molecule has 2 aromatic rings. The first-order valence-corrected chi connectivity index (χ1v) is 8.94. The highest BCUT2D eigenvalue weighted by Crippen LogP contribution is 2.25. The average molecular weight is 361 g/mol. The summed E-state index contributed by atoms with van der Waals surface area (Å²) in [6, 6.07) is 12.4. The Bertz CT molecular complexity index is 757. The van der Waals surface area contributed by atoms with E-state index < -0.39 is 0 Å². The fourth-order valence-electron chi connectivity index (χ4n) is 3.20. The van der Waals surface area contributed by atoms with Crippen molar-refractivity contribution in [3.8, 4) is 0 Å². The predicted octanol–water partition coefficient (Wildman–Crippen LogP) is 4.64. The van der Waals surface area contributed by atoms with Crippen LogP contribution in [0.1, 0.15) is 24.0 Å². The fourth-order valence-corrected chi connectivity index (χ4v) is 3.37. The largest absolute Gasteiger partial charge is 0.326 e. The molecule has 0 aliphatic carbocycles. The zero-order valence-electron chi connectivity index (χ0n) is 14.3. The predicted molar refractivity (Wildman–Crippen MR) is 99.2 cm³/mol. The number of amides is 1. The third-order valence-corrected chi connectivity index (χ3v) is 5.25. The smallest absolute Gasteiger partial charge is 0.227 e. The summed E-state index contributed by atoms with van der Waals surface area (Å²) in [7, 11) is 0. The molecule has 0 aromatic heterocycles. The van der Waals surface area contributed by atoms with Gasteiger partial charge in [-0.15, -0.1) is 0 Å². The molecule has 25 heavy (non-hydrogen) atoms. The maximum atomic E-state index is 13.8. The Hall–Kier alpha value is -1.91. The van der Waals surface area contributed by atoms with Gasteiger partial charge in [0.05, 0.1) is 0 Å². The third kappa shape index (κ3) is 4.39. The number of piperidine rings is 1. The maximum Gasteiger partial charge on any atom is 0.227 e. The number of nitrogens with zero attached hydrogens (tertiary/aromatic N) is 1. The van der Waals surface area contributed by atoms with Gasteiger partial charge in [0.1, 0.15) is 5.82 Å². The van der Waals surface area contributed by atoms with E-state index in [0.717, 1.165) is 37.2 Å². The van der Waals surface area contributed by atoms with E-state index in [1.165, 1.54) is 6.07 Å². The number of anilines is 1. The Morgan fingerprint density at radius 1 is 1.20 bits per heavy atom. The molecule has 2 aromatic carbocycles. The SMILES string of the molecule is Cc1c(Cl)cccc1NC(=O)C1CCN(Cc2ccccc2F)CC1. The van der Waals surface area contributed by atoms with Gasteiger partial charge in [-0.25, -0.2) is 4.39 Å². The van der Waals surface area contributed by atoms with Crippen LogP contribution in [0, 0.1) is 18.7 Å². The van der Waals surface area contributed by atoms with E-state index in [9.17, 15) is 9.18 Å². The van der Waals surface area contributed by atoms with Crippen molar-refractivity contribution in [3.63, 3.8) is 0 Å². The number of carbonyl (C=O) groups excluding carboxylic acids is 1. The Morgan fingerprint density at radius 3 is 2.64 bits per heavy atom. The molecule has 1 fully saturated rings. The molecule has 0 radical (unpaired) electrons. The number of likely N-dealkylation sites (tertiary alicyclic amines) is 1. The molecule has 1 saturated heterocycles. The number of hydrogen-bond donors (Lipinski definition) is 1. The lowest BCUT2D eigenvalue weighted by Gasteiger charge is -2.31. The normalized spacial score (nSPS) is 16.0. The lowest BCUT2D eigenvalue weighted by atomic mass is 9.95. The minimum atomic E-state index is -0.168. The molecule has 132 valence electrons. The molecule has 1 aliphatic rings. The van der Waals surface area contributed by atoms with Crippen LogP contribution in [0.3, 0.4) is 0 Å². The van der Waals surface area contributed by atoms with Gasteiger partial charge in [0, 0.05) is 28.7 Å². The molecule has 3 rings (SSSR count). The van der Waals surface area contributed by atoms with Crippen molar-refractivity contribution in [2.24, 2.45) is 5.92 Å². The third-order valence-electron chi connectivity index (χ3n) is 4.84. The molecule has 5 heteroatoms. The molecule has 1 heterocycles. The number of rotatable bonds is 4. The van der Waals surface area contributed by atoms with Crippen molar-refractivity contribution in [1.82, 2.24) is 4.90 Å². The topological polar surface area (TPSA) is 32.3 Å². The van der Waals surface area contributed by atoms with Crippen LogP contribution in [0.5, 0.6) is 0 Å². The second-order valence-corrected chi connectivity index (χ2v) is 6.95. The van der Waals surface area contributed by atoms with Crippen LogP contribution in [0.4, 0.5) is 10.1 Å². The van der Waals surface area contributed by atoms with Gasteiger partial charge < -0.3 is 5.32 Å². The van der Waals surface area contributed by atoms with E-state index in [0.29, 0.717) is 17.1 Å². The Balaban J connectivity index is 1.54. The van der Waals surface area contributed by atoms with Crippen molar-refractivity contribution in [3.05, 3.63) is 64.4 Å². The van der Waals surface area contributed by atoms with Gasteiger partial charge in [-0.05, 0) is 56.6 Å². The van der Waals surface area contributed by atoms with Gasteiger partial charge >= 0.3 is 0 Å². The summed E-state index contributed by atoms with van der Waals surface area (Å²) in [6.45, 7) is 4.07. The molecular formula is C20H22ClFN2O. The van der Waals surface area contributed by atoms with Crippen LogP contribution in [0.15, 0.2) is 42.5 Å². The lowest BCUT2D eigenvalue weighted by molar-refractivity contribution is -0.121. The quantitative estimate of drug-likeness (QED) is 0.861. The van der Waals surface area contributed by atoms with Crippen LogP contribution in [0.2, 0.25) is 5.02 Å². The Kier molecular flexibility index (Phi) is 5.71. The zero-order chi connectivity index (χ0) is 17.8. The van der Waals surface area contributed by atoms with Crippen molar-refractivity contribution in [2.75, 3.05) is 18.4 Å². The molecule has 0 unspecified atom stereocenters. The van der Waals surface area contributed by atoms with Gasteiger partial charge in [0.2, 0.25) is 5.91 Å². The number of benzene rings is 2. The van der Waals surface area contributed by atoms with Gasteiger partial charge in [-0.2, -0.15) is 0 Å². The van der Waals surface area contributed by atoms with Gasteiger partial charge in [-0.1, -0.05) is 35.9 Å². The Morgan fingerprint density at radius 2 is 1.92 bits per heavy atom. The van der Waals surface area contributed by atoms with E-state index >= 15 is 0 Å². The first kappa shape index (κ1) is 17.9. The molecule has 0 spiro atoms. The number of hydrogen-bond acceptors (Lipinski definition) is 2. The first-order chi connectivity index (χ1) is 12.0. The van der Waals surface area contributed by atoms with E-state index in [4.69, 9.17) is 11.6 Å². The summed E-state index contributed by atoms with van der Waals surface area (Å²) >= 11 is 6.10. The number of nitrogens with one attached hydrogen (secondary N) is 1. The van der Waals surface area contributed by atoms with Crippen LogP contribution in [-0.4, -0.2) is 23.9 Å². The summed E-state index contributed by atoms with van der Waals surface area (Å²) in [5.41, 5.74) is 2.36. The molecule has 1 N–H and O–H groups in total. The van der Waals surface area contributed by atoms with Gasteiger partial charge in [-0.3, -0.25) is 9.69 Å². The second kappa shape index (κ2) is 7.98. The summed E-state index contributed by atoms with van der Waals surface area (Å²) in [6.07, 6.45) is 1.56. The van der Waals surface area contributed by atoms with E-state index in [-0.39, 0.29) is 17.6 Å². The number of carbonyl (C=O) groups is 1. The summed E-state index contributed by atoms with van der Waals surface area (Å²) in [5.74, 6) is -0.148. The highest BCUT2D eigenvalue weighted by atomic mass is 35.5. The van der Waals surface area contributed by atoms with Crippen LogP contribution in [0.25, 0.3) is 0 Å². The highest BCUT2D eigenvalue weighted by Gasteiger charge is 2.25. The van der Waals surface area contributed by atoms with E-state index in [1.54, 1.807) is 6.07 Å². The molecule has 0 bridgehead atoms. The average Bonchev–Trinajstić information content (AvgIpc) is 2.61. The second-order valence-electron chi connectivity index (χ2n) is 6.54.